The van der Waals surface area contributed by atoms with Gasteiger partial charge in [-0.3, -0.25) is 14.8 Å². The first-order valence-corrected chi connectivity index (χ1v) is 7.84. The predicted octanol–water partition coefficient (Wildman–Crippen LogP) is -0.336. The third-order valence-corrected chi connectivity index (χ3v) is 3.87. The highest BCUT2D eigenvalue weighted by molar-refractivity contribution is 5.85. The van der Waals surface area contributed by atoms with Gasteiger partial charge in [0.2, 0.25) is 5.91 Å². The van der Waals surface area contributed by atoms with E-state index < -0.39 is 12.0 Å². The number of hydrogen-bond donors (Lipinski definition) is 3. The molecular formula is C16H18N6O3. The smallest absolute Gasteiger partial charge is 0.356 e. The molecule has 0 aromatic carbocycles. The summed E-state index contributed by atoms with van der Waals surface area (Å²) in [6.45, 7) is 2.02. The van der Waals surface area contributed by atoms with Gasteiger partial charge in [0.15, 0.2) is 5.69 Å². The predicted molar refractivity (Wildman–Crippen MR) is 89.1 cm³/mol. The van der Waals surface area contributed by atoms with Crippen LogP contribution in [0.25, 0.3) is 0 Å². The summed E-state index contributed by atoms with van der Waals surface area (Å²) in [5, 5.41) is 15.1. The van der Waals surface area contributed by atoms with E-state index in [-0.39, 0.29) is 11.6 Å². The molecule has 1 saturated heterocycles. The molecule has 9 heteroatoms. The van der Waals surface area contributed by atoms with Crippen LogP contribution in [0.3, 0.4) is 0 Å². The Kier molecular flexibility index (Phi) is 5.14. The zero-order valence-corrected chi connectivity index (χ0v) is 13.4. The minimum atomic E-state index is -1.13. The number of carboxylic acid groups (broad SMARTS) is 1. The van der Waals surface area contributed by atoms with Crippen LogP contribution in [-0.4, -0.2) is 57.6 Å². The number of piperazine rings is 1. The lowest BCUT2D eigenvalue weighted by atomic mass is 10.2. The lowest BCUT2D eigenvalue weighted by molar-refractivity contribution is -0.123. The van der Waals surface area contributed by atoms with Gasteiger partial charge in [-0.2, -0.15) is 0 Å². The van der Waals surface area contributed by atoms with Gasteiger partial charge in [0, 0.05) is 38.6 Å². The molecule has 0 saturated carbocycles. The molecule has 3 N–H and O–H groups in total. The Morgan fingerprint density at radius 1 is 1.28 bits per heavy atom. The third-order valence-electron chi connectivity index (χ3n) is 3.87. The van der Waals surface area contributed by atoms with E-state index in [2.05, 4.69) is 25.6 Å². The Labute approximate surface area is 144 Å². The van der Waals surface area contributed by atoms with Crippen LogP contribution < -0.4 is 15.5 Å². The summed E-state index contributed by atoms with van der Waals surface area (Å²) in [5.74, 6) is -0.798. The largest absolute Gasteiger partial charge is 0.476 e. The fourth-order valence-corrected chi connectivity index (χ4v) is 2.56. The van der Waals surface area contributed by atoms with Crippen molar-refractivity contribution in [2.24, 2.45) is 0 Å². The number of carboxylic acids is 1. The molecule has 2 aromatic rings. The summed E-state index contributed by atoms with van der Waals surface area (Å²) in [6.07, 6.45) is 6.06. The topological polar surface area (TPSA) is 120 Å². The fraction of sp³-hybridized carbons (Fsp3) is 0.312. The summed E-state index contributed by atoms with van der Waals surface area (Å²) in [5.41, 5.74) is 0.853. The maximum atomic E-state index is 12.4. The molecule has 1 unspecified atom stereocenters. The van der Waals surface area contributed by atoms with E-state index in [4.69, 9.17) is 5.11 Å². The fourth-order valence-electron chi connectivity index (χ4n) is 2.56. The van der Waals surface area contributed by atoms with Crippen molar-refractivity contribution < 1.29 is 14.7 Å². The monoisotopic (exact) mass is 342 g/mol. The van der Waals surface area contributed by atoms with E-state index >= 15 is 0 Å². The van der Waals surface area contributed by atoms with Crippen molar-refractivity contribution in [1.29, 1.82) is 0 Å². The van der Waals surface area contributed by atoms with Crippen LogP contribution in [-0.2, 0) is 11.3 Å². The number of nitrogens with one attached hydrogen (secondary N) is 2. The summed E-state index contributed by atoms with van der Waals surface area (Å²) in [4.78, 5) is 37.2. The maximum absolute atomic E-state index is 12.4. The van der Waals surface area contributed by atoms with Crippen LogP contribution in [0.2, 0.25) is 0 Å². The second kappa shape index (κ2) is 7.67. The number of nitrogens with zero attached hydrogens (tertiary/aromatic N) is 4. The number of hydrogen-bond acceptors (Lipinski definition) is 7. The van der Waals surface area contributed by atoms with E-state index in [1.807, 2.05) is 17.0 Å². The lowest BCUT2D eigenvalue weighted by Gasteiger charge is -2.33. The van der Waals surface area contributed by atoms with Crippen molar-refractivity contribution in [3.63, 3.8) is 0 Å². The van der Waals surface area contributed by atoms with Gasteiger partial charge in [0.25, 0.3) is 0 Å². The lowest BCUT2D eigenvalue weighted by Crippen LogP contribution is -2.57. The quantitative estimate of drug-likeness (QED) is 0.675. The van der Waals surface area contributed by atoms with Crippen molar-refractivity contribution in [2.45, 2.75) is 12.6 Å². The summed E-state index contributed by atoms with van der Waals surface area (Å²) in [7, 11) is 0. The molecule has 130 valence electrons. The van der Waals surface area contributed by atoms with Crippen LogP contribution >= 0.6 is 0 Å². The van der Waals surface area contributed by atoms with Gasteiger partial charge in [-0.25, -0.2) is 9.78 Å². The number of pyridine rings is 1. The minimum Gasteiger partial charge on any atom is -0.476 e. The van der Waals surface area contributed by atoms with Gasteiger partial charge in [-0.15, -0.1) is 0 Å². The van der Waals surface area contributed by atoms with Crippen LogP contribution in [0.4, 0.5) is 5.82 Å². The molecule has 3 rings (SSSR count). The van der Waals surface area contributed by atoms with E-state index in [1.165, 1.54) is 12.4 Å². The van der Waals surface area contributed by atoms with E-state index in [0.29, 0.717) is 32.0 Å². The number of amides is 1. The minimum absolute atomic E-state index is 0.116. The summed E-state index contributed by atoms with van der Waals surface area (Å²) in [6, 6.07) is 3.27. The highest BCUT2D eigenvalue weighted by Crippen LogP contribution is 2.12. The molecule has 1 amide bonds. The third kappa shape index (κ3) is 4.27. The average Bonchev–Trinajstić information content (AvgIpc) is 2.67. The number of anilines is 1. The van der Waals surface area contributed by atoms with Gasteiger partial charge >= 0.3 is 5.97 Å². The molecule has 0 aliphatic carbocycles. The normalized spacial score (nSPS) is 17.1. The van der Waals surface area contributed by atoms with Gasteiger partial charge in [0.1, 0.15) is 11.9 Å². The number of carbonyl (C=O) groups is 2. The molecule has 9 nitrogen and oxygen atoms in total. The molecule has 25 heavy (non-hydrogen) atoms. The Morgan fingerprint density at radius 3 is 2.84 bits per heavy atom. The summed E-state index contributed by atoms with van der Waals surface area (Å²) >= 11 is 0. The van der Waals surface area contributed by atoms with Gasteiger partial charge in [-0.1, -0.05) is 0 Å². The van der Waals surface area contributed by atoms with E-state index in [1.54, 1.807) is 12.4 Å². The van der Waals surface area contributed by atoms with Gasteiger partial charge in [-0.05, 0) is 17.7 Å². The second-order valence-electron chi connectivity index (χ2n) is 5.59. The second-order valence-corrected chi connectivity index (χ2v) is 5.59. The first kappa shape index (κ1) is 16.8. The number of carbonyl (C=O) groups excluding carboxylic acids is 1. The van der Waals surface area contributed by atoms with Crippen molar-refractivity contribution in [3.8, 4) is 0 Å². The maximum Gasteiger partial charge on any atom is 0.356 e. The van der Waals surface area contributed by atoms with Crippen LogP contribution in [0.1, 0.15) is 16.1 Å². The molecule has 0 spiro atoms. The highest BCUT2D eigenvalue weighted by Gasteiger charge is 2.26. The van der Waals surface area contributed by atoms with Crippen molar-refractivity contribution in [3.05, 3.63) is 48.2 Å². The van der Waals surface area contributed by atoms with Crippen LogP contribution in [0.15, 0.2) is 36.9 Å². The molecule has 0 bridgehead atoms. The molecule has 0 radical (unpaired) electrons. The first-order chi connectivity index (χ1) is 12.1. The Hall–Kier alpha value is -3.07. The van der Waals surface area contributed by atoms with Crippen molar-refractivity contribution in [1.82, 2.24) is 25.6 Å². The molecule has 1 fully saturated rings. The Morgan fingerprint density at radius 2 is 2.08 bits per heavy atom. The molecule has 2 aromatic heterocycles. The highest BCUT2D eigenvalue weighted by atomic mass is 16.4. The van der Waals surface area contributed by atoms with E-state index in [0.717, 1.165) is 5.56 Å². The van der Waals surface area contributed by atoms with Gasteiger partial charge < -0.3 is 20.6 Å². The van der Waals surface area contributed by atoms with Gasteiger partial charge in [0.05, 0.1) is 12.4 Å². The number of aromatic nitrogens is 3. The SMILES string of the molecule is O=C(O)c1cncc(N2CCNC(C(=O)NCc3ccncc3)C2)n1. The van der Waals surface area contributed by atoms with Crippen molar-refractivity contribution >= 4 is 17.7 Å². The zero-order valence-electron chi connectivity index (χ0n) is 13.4. The number of aromatic carboxylic acids is 1. The molecule has 3 heterocycles. The molecule has 1 atom stereocenters. The first-order valence-electron chi connectivity index (χ1n) is 7.84. The Bertz CT molecular complexity index is 755. The standard InChI is InChI=1S/C16H18N6O3/c23-15(20-7-11-1-3-17-4-2-11)13-10-22(6-5-19-13)14-9-18-8-12(21-14)16(24)25/h1-4,8-9,13,19H,5-7,10H2,(H,20,23)(H,24,25). The zero-order chi connectivity index (χ0) is 17.6. The van der Waals surface area contributed by atoms with E-state index in [9.17, 15) is 9.59 Å². The van der Waals surface area contributed by atoms with Crippen molar-refractivity contribution in [2.75, 3.05) is 24.5 Å². The molecular weight excluding hydrogens is 324 g/mol. The summed E-state index contributed by atoms with van der Waals surface area (Å²) < 4.78 is 0. The van der Waals surface area contributed by atoms with Crippen LogP contribution in [0, 0.1) is 0 Å². The van der Waals surface area contributed by atoms with Crippen LogP contribution in [0.5, 0.6) is 0 Å². The molecule has 1 aliphatic rings. The Balaban J connectivity index is 1.61. The number of rotatable bonds is 5. The molecule has 1 aliphatic heterocycles. The average molecular weight is 342 g/mol.